The molecule has 0 aromatic heterocycles. The zero-order chi connectivity index (χ0) is 16.0. The van der Waals surface area contributed by atoms with Gasteiger partial charge >= 0.3 is 0 Å². The largest absolute Gasteiger partial charge is 0.508 e. The third kappa shape index (κ3) is 2.36. The van der Waals surface area contributed by atoms with Crippen LogP contribution in [0.2, 0.25) is 5.02 Å². The Kier molecular flexibility index (Phi) is 3.62. The second kappa shape index (κ2) is 5.54. The summed E-state index contributed by atoms with van der Waals surface area (Å²) in [5, 5.41) is 10.8. The zero-order valence-electron chi connectivity index (χ0n) is 13.4. The first kappa shape index (κ1) is 15.0. The lowest BCUT2D eigenvalue weighted by Crippen LogP contribution is -2.49. The van der Waals surface area contributed by atoms with Crippen molar-refractivity contribution >= 4 is 11.6 Å². The number of phenolic OH excluding ortho intramolecular Hbond substituents is 1. The lowest BCUT2D eigenvalue weighted by atomic mass is 9.57. The van der Waals surface area contributed by atoms with Gasteiger partial charge in [-0.3, -0.25) is 4.90 Å². The van der Waals surface area contributed by atoms with Crippen molar-refractivity contribution in [2.24, 2.45) is 0 Å². The maximum atomic E-state index is 10.0. The number of benzene rings is 2. The van der Waals surface area contributed by atoms with Gasteiger partial charge in [-0.25, -0.2) is 0 Å². The monoisotopic (exact) mass is 327 g/mol. The Labute approximate surface area is 142 Å². The zero-order valence-corrected chi connectivity index (χ0v) is 14.2. The SMILES string of the molecule is CN1CCc2ccc(O)cc2C1C1(c2ccc(Cl)cc2)CCC1. The lowest BCUT2D eigenvalue weighted by molar-refractivity contribution is 0.0716. The summed E-state index contributed by atoms with van der Waals surface area (Å²) in [6, 6.07) is 14.6. The average Bonchev–Trinajstić information content (AvgIpc) is 2.50. The van der Waals surface area contributed by atoms with E-state index >= 15 is 0 Å². The van der Waals surface area contributed by atoms with Crippen LogP contribution in [-0.4, -0.2) is 23.6 Å². The lowest BCUT2D eigenvalue weighted by Gasteiger charge is -2.53. The van der Waals surface area contributed by atoms with Crippen molar-refractivity contribution < 1.29 is 5.11 Å². The molecule has 0 radical (unpaired) electrons. The van der Waals surface area contributed by atoms with Crippen LogP contribution in [0.15, 0.2) is 42.5 Å². The fourth-order valence-corrected chi connectivity index (χ4v) is 4.63. The van der Waals surface area contributed by atoms with E-state index in [4.69, 9.17) is 11.6 Å². The van der Waals surface area contributed by atoms with Gasteiger partial charge in [-0.05, 0) is 67.3 Å². The minimum atomic E-state index is 0.141. The van der Waals surface area contributed by atoms with Gasteiger partial charge in [0.15, 0.2) is 0 Å². The van der Waals surface area contributed by atoms with Crippen LogP contribution in [0.3, 0.4) is 0 Å². The number of fused-ring (bicyclic) bond motifs is 1. The summed E-state index contributed by atoms with van der Waals surface area (Å²) in [6.45, 7) is 1.07. The van der Waals surface area contributed by atoms with Crippen molar-refractivity contribution in [3.8, 4) is 5.75 Å². The number of aromatic hydroxyl groups is 1. The maximum Gasteiger partial charge on any atom is 0.115 e. The molecule has 2 aromatic rings. The van der Waals surface area contributed by atoms with Crippen LogP contribution in [0.5, 0.6) is 5.75 Å². The molecule has 120 valence electrons. The van der Waals surface area contributed by atoms with E-state index in [0.29, 0.717) is 11.8 Å². The highest BCUT2D eigenvalue weighted by molar-refractivity contribution is 6.30. The molecule has 1 N–H and O–H groups in total. The number of phenols is 1. The normalized spacial score (nSPS) is 23.1. The first-order valence-corrected chi connectivity index (χ1v) is 8.76. The minimum Gasteiger partial charge on any atom is -0.508 e. The smallest absolute Gasteiger partial charge is 0.115 e. The van der Waals surface area contributed by atoms with E-state index in [9.17, 15) is 5.11 Å². The van der Waals surface area contributed by atoms with Crippen LogP contribution >= 0.6 is 11.6 Å². The topological polar surface area (TPSA) is 23.5 Å². The molecule has 1 unspecified atom stereocenters. The molecule has 1 saturated carbocycles. The third-order valence-corrected chi connectivity index (χ3v) is 6.04. The maximum absolute atomic E-state index is 10.0. The molecule has 2 aromatic carbocycles. The van der Waals surface area contributed by atoms with E-state index < -0.39 is 0 Å². The molecular weight excluding hydrogens is 306 g/mol. The predicted octanol–water partition coefficient (Wildman–Crippen LogP) is 4.70. The van der Waals surface area contributed by atoms with E-state index in [2.05, 4.69) is 30.1 Å². The summed E-state index contributed by atoms with van der Waals surface area (Å²) >= 11 is 6.10. The molecule has 2 nitrogen and oxygen atoms in total. The summed E-state index contributed by atoms with van der Waals surface area (Å²) in [5.74, 6) is 0.370. The van der Waals surface area contributed by atoms with Gasteiger partial charge in [0.1, 0.15) is 5.75 Å². The van der Waals surface area contributed by atoms with Crippen molar-refractivity contribution in [3.05, 3.63) is 64.2 Å². The van der Waals surface area contributed by atoms with Gasteiger partial charge in [0.05, 0.1) is 0 Å². The second-order valence-electron chi connectivity index (χ2n) is 7.03. The number of likely N-dealkylation sites (N-methyl/N-ethyl adjacent to an activating group) is 1. The predicted molar refractivity (Wildman–Crippen MR) is 94.2 cm³/mol. The highest BCUT2D eigenvalue weighted by atomic mass is 35.5. The molecule has 1 heterocycles. The summed E-state index contributed by atoms with van der Waals surface area (Å²) in [5.41, 5.74) is 4.20. The molecule has 1 atom stereocenters. The van der Waals surface area contributed by atoms with Crippen LogP contribution in [0, 0.1) is 0 Å². The van der Waals surface area contributed by atoms with E-state index in [1.807, 2.05) is 24.3 Å². The number of halogens is 1. The number of nitrogens with zero attached hydrogens (tertiary/aromatic N) is 1. The van der Waals surface area contributed by atoms with Gasteiger partial charge in [-0.2, -0.15) is 0 Å². The molecular formula is C20H22ClNO. The van der Waals surface area contributed by atoms with Gasteiger partial charge in [-0.1, -0.05) is 36.2 Å². The Hall–Kier alpha value is -1.51. The Bertz CT molecular complexity index is 721. The van der Waals surface area contributed by atoms with Gasteiger partial charge in [0.25, 0.3) is 0 Å². The van der Waals surface area contributed by atoms with Crippen LogP contribution in [0.25, 0.3) is 0 Å². The number of hydrogen-bond acceptors (Lipinski definition) is 2. The molecule has 4 rings (SSSR count). The Morgan fingerprint density at radius 1 is 1.13 bits per heavy atom. The van der Waals surface area contributed by atoms with Crippen molar-refractivity contribution in [1.29, 1.82) is 0 Å². The molecule has 0 bridgehead atoms. The fraction of sp³-hybridized carbons (Fsp3) is 0.400. The molecule has 3 heteroatoms. The van der Waals surface area contributed by atoms with Crippen LogP contribution in [0.1, 0.15) is 42.0 Å². The first-order chi connectivity index (χ1) is 11.1. The molecule has 1 aliphatic carbocycles. The number of hydrogen-bond donors (Lipinski definition) is 1. The molecule has 0 saturated heterocycles. The number of rotatable bonds is 2. The van der Waals surface area contributed by atoms with E-state index in [1.165, 1.54) is 36.0 Å². The van der Waals surface area contributed by atoms with Crippen LogP contribution in [-0.2, 0) is 11.8 Å². The third-order valence-electron chi connectivity index (χ3n) is 5.79. The summed E-state index contributed by atoms with van der Waals surface area (Å²) in [6.07, 6.45) is 4.71. The highest BCUT2D eigenvalue weighted by Gasteiger charge is 2.49. The molecule has 0 amide bonds. The summed E-state index contributed by atoms with van der Waals surface area (Å²) in [7, 11) is 2.22. The minimum absolute atomic E-state index is 0.141. The van der Waals surface area contributed by atoms with E-state index in [1.54, 1.807) is 0 Å². The molecule has 2 aliphatic rings. The standard InChI is InChI=1S/C20H22ClNO/c1-22-12-9-14-3-8-17(23)13-18(14)19(22)20(10-2-11-20)15-4-6-16(21)7-5-15/h3-8,13,19,23H,2,9-12H2,1H3. The van der Waals surface area contributed by atoms with Crippen molar-refractivity contribution in [3.63, 3.8) is 0 Å². The van der Waals surface area contributed by atoms with Gasteiger partial charge in [-0.15, -0.1) is 0 Å². The quantitative estimate of drug-likeness (QED) is 0.864. The van der Waals surface area contributed by atoms with Crippen LogP contribution < -0.4 is 0 Å². The van der Waals surface area contributed by atoms with E-state index in [0.717, 1.165) is 18.0 Å². The summed E-state index contributed by atoms with van der Waals surface area (Å²) in [4.78, 5) is 2.47. The van der Waals surface area contributed by atoms with E-state index in [-0.39, 0.29) is 5.41 Å². The fourth-order valence-electron chi connectivity index (χ4n) is 4.51. The average molecular weight is 328 g/mol. The first-order valence-electron chi connectivity index (χ1n) is 8.38. The van der Waals surface area contributed by atoms with Gasteiger partial charge in [0.2, 0.25) is 0 Å². The molecule has 1 aliphatic heterocycles. The highest BCUT2D eigenvalue weighted by Crippen LogP contribution is 2.56. The van der Waals surface area contributed by atoms with Crippen molar-refractivity contribution in [2.45, 2.75) is 37.1 Å². The molecule has 0 spiro atoms. The van der Waals surface area contributed by atoms with Crippen molar-refractivity contribution in [2.75, 3.05) is 13.6 Å². The second-order valence-corrected chi connectivity index (χ2v) is 7.47. The Balaban J connectivity index is 1.84. The molecule has 1 fully saturated rings. The van der Waals surface area contributed by atoms with Crippen LogP contribution in [0.4, 0.5) is 0 Å². The van der Waals surface area contributed by atoms with Crippen molar-refractivity contribution in [1.82, 2.24) is 4.90 Å². The summed E-state index contributed by atoms with van der Waals surface area (Å²) < 4.78 is 0. The van der Waals surface area contributed by atoms with Gasteiger partial charge in [0, 0.05) is 23.0 Å². The van der Waals surface area contributed by atoms with Gasteiger partial charge < -0.3 is 5.11 Å². The Morgan fingerprint density at radius 2 is 1.87 bits per heavy atom. The molecule has 23 heavy (non-hydrogen) atoms. The Morgan fingerprint density at radius 3 is 2.52 bits per heavy atom.